The summed E-state index contributed by atoms with van der Waals surface area (Å²) in [5, 5.41) is 3.87. The second kappa shape index (κ2) is 8.88. The number of benzene rings is 2. The molecule has 5 nitrogen and oxygen atoms in total. The van der Waals surface area contributed by atoms with Crippen LogP contribution in [0, 0.1) is 27.7 Å². The van der Waals surface area contributed by atoms with Crippen LogP contribution in [0.3, 0.4) is 0 Å². The molecule has 0 atom stereocenters. The van der Waals surface area contributed by atoms with E-state index in [0.29, 0.717) is 26.5 Å². The average Bonchev–Trinajstić information content (AvgIpc) is 3.22. The van der Waals surface area contributed by atoms with E-state index in [1.165, 1.54) is 22.9 Å². The first-order chi connectivity index (χ1) is 15.3. The van der Waals surface area contributed by atoms with Crippen molar-refractivity contribution in [1.29, 1.82) is 0 Å². The molecule has 0 unspecified atom stereocenters. The predicted octanol–water partition coefficient (Wildman–Crippen LogP) is 6.26. The minimum atomic E-state index is -0.175. The lowest BCUT2D eigenvalue weighted by Gasteiger charge is -2.11. The molecule has 2 aromatic carbocycles. The zero-order chi connectivity index (χ0) is 23.0. The molecule has 3 aromatic rings. The van der Waals surface area contributed by atoms with Crippen molar-refractivity contribution in [3.63, 3.8) is 0 Å². The zero-order valence-corrected chi connectivity index (χ0v) is 20.2. The number of amidine groups is 1. The van der Waals surface area contributed by atoms with Crippen LogP contribution in [0.25, 0.3) is 11.8 Å². The Morgan fingerprint density at radius 1 is 1.06 bits per heavy atom. The highest BCUT2D eigenvalue weighted by atomic mass is 35.5. The van der Waals surface area contributed by atoms with Crippen molar-refractivity contribution in [1.82, 2.24) is 9.88 Å². The van der Waals surface area contributed by atoms with Crippen molar-refractivity contribution in [3.05, 3.63) is 80.5 Å². The number of aromatic nitrogens is 1. The number of halogens is 1. The summed E-state index contributed by atoms with van der Waals surface area (Å²) in [6, 6.07) is 13.7. The summed E-state index contributed by atoms with van der Waals surface area (Å²) in [6.45, 7) is 8.37. The van der Waals surface area contributed by atoms with Gasteiger partial charge in [0.2, 0.25) is 0 Å². The Morgan fingerprint density at radius 2 is 1.84 bits per heavy atom. The highest BCUT2D eigenvalue weighted by Crippen LogP contribution is 2.34. The van der Waals surface area contributed by atoms with Gasteiger partial charge in [0.15, 0.2) is 5.17 Å². The van der Waals surface area contributed by atoms with Gasteiger partial charge in [0, 0.05) is 22.1 Å². The molecule has 0 spiro atoms. The summed E-state index contributed by atoms with van der Waals surface area (Å²) in [6.07, 6.45) is 1.91. The van der Waals surface area contributed by atoms with E-state index >= 15 is 0 Å². The minimum absolute atomic E-state index is 0.175. The molecule has 1 fully saturated rings. The fourth-order valence-corrected chi connectivity index (χ4v) is 4.67. The van der Waals surface area contributed by atoms with Crippen LogP contribution in [0.2, 0.25) is 5.02 Å². The Hall–Kier alpha value is -2.96. The van der Waals surface area contributed by atoms with Gasteiger partial charge in [-0.2, -0.15) is 0 Å². The third kappa shape index (κ3) is 4.33. The molecule has 1 aromatic heterocycles. The molecule has 0 radical (unpaired) electrons. The van der Waals surface area contributed by atoms with Gasteiger partial charge in [-0.15, -0.1) is 0 Å². The van der Waals surface area contributed by atoms with Gasteiger partial charge >= 0.3 is 0 Å². The largest absolute Gasteiger partial charge is 0.494 e. The van der Waals surface area contributed by atoms with Crippen LogP contribution in [0.15, 0.2) is 52.4 Å². The fraction of sp³-hybridized carbons (Fsp3) is 0.200. The molecule has 0 aliphatic carbocycles. The van der Waals surface area contributed by atoms with Gasteiger partial charge in [0.1, 0.15) is 11.4 Å². The van der Waals surface area contributed by atoms with E-state index in [1.54, 1.807) is 25.3 Å². The van der Waals surface area contributed by atoms with Gasteiger partial charge in [-0.05, 0) is 98.6 Å². The quantitative estimate of drug-likeness (QED) is 0.462. The summed E-state index contributed by atoms with van der Waals surface area (Å²) < 4.78 is 7.55. The number of carbonyl (C=O) groups is 1. The van der Waals surface area contributed by atoms with Crippen LogP contribution in [-0.2, 0) is 4.79 Å². The molecule has 1 aliphatic heterocycles. The van der Waals surface area contributed by atoms with E-state index < -0.39 is 0 Å². The van der Waals surface area contributed by atoms with Gasteiger partial charge in [0.25, 0.3) is 5.91 Å². The van der Waals surface area contributed by atoms with E-state index in [9.17, 15) is 4.79 Å². The van der Waals surface area contributed by atoms with Crippen molar-refractivity contribution in [2.24, 2.45) is 4.99 Å². The average molecular weight is 466 g/mol. The Morgan fingerprint density at radius 3 is 2.56 bits per heavy atom. The molecular weight excluding hydrogens is 442 g/mol. The Labute approximate surface area is 197 Å². The number of aryl methyl sites for hydroxylation is 3. The lowest BCUT2D eigenvalue weighted by atomic mass is 10.1. The standard InChI is InChI=1S/C25H24ClN3O2S/c1-14-6-8-20(10-15(14)2)29-16(3)11-18(17(29)4)12-23-24(30)28-25(32-23)27-21-13-19(26)7-9-22(21)31-5/h6-13H,1-5H3,(H,27,28,30)/b23-12-. The molecule has 32 heavy (non-hydrogen) atoms. The molecule has 1 amide bonds. The van der Waals surface area contributed by atoms with E-state index in [2.05, 4.69) is 66.8 Å². The number of nitrogens with one attached hydrogen (secondary N) is 1. The van der Waals surface area contributed by atoms with Crippen LogP contribution >= 0.6 is 23.4 Å². The van der Waals surface area contributed by atoms with Crippen molar-refractivity contribution in [2.75, 3.05) is 7.11 Å². The molecule has 1 saturated heterocycles. The smallest absolute Gasteiger partial charge is 0.264 e. The highest BCUT2D eigenvalue weighted by molar-refractivity contribution is 8.18. The highest BCUT2D eigenvalue weighted by Gasteiger charge is 2.25. The molecule has 4 rings (SSSR count). The molecule has 0 saturated carbocycles. The van der Waals surface area contributed by atoms with Gasteiger partial charge in [0.05, 0.1) is 12.0 Å². The third-order valence-electron chi connectivity index (χ3n) is 5.52. The van der Waals surface area contributed by atoms with E-state index in [1.807, 2.05) is 6.08 Å². The van der Waals surface area contributed by atoms with Crippen molar-refractivity contribution >= 4 is 46.2 Å². The van der Waals surface area contributed by atoms with Crippen molar-refractivity contribution < 1.29 is 9.53 Å². The molecular formula is C25H24ClN3O2S. The SMILES string of the molecule is COc1ccc(Cl)cc1N=C1NC(=O)/C(=C/c2cc(C)n(-c3ccc(C)c(C)c3)c2C)S1. The lowest BCUT2D eigenvalue weighted by molar-refractivity contribution is -0.115. The second-order valence-corrected chi connectivity index (χ2v) is 9.20. The number of thioether (sulfide) groups is 1. The zero-order valence-electron chi connectivity index (χ0n) is 18.6. The molecule has 1 aliphatic rings. The van der Waals surface area contributed by atoms with Gasteiger partial charge in [-0.1, -0.05) is 17.7 Å². The van der Waals surface area contributed by atoms with Crippen LogP contribution in [-0.4, -0.2) is 22.8 Å². The minimum Gasteiger partial charge on any atom is -0.494 e. The summed E-state index contributed by atoms with van der Waals surface area (Å²) in [7, 11) is 1.57. The van der Waals surface area contributed by atoms with E-state index in [-0.39, 0.29) is 5.91 Å². The first-order valence-electron chi connectivity index (χ1n) is 10.2. The topological polar surface area (TPSA) is 55.6 Å². The van der Waals surface area contributed by atoms with Gasteiger partial charge < -0.3 is 14.6 Å². The molecule has 164 valence electrons. The molecule has 1 N–H and O–H groups in total. The van der Waals surface area contributed by atoms with Gasteiger partial charge in [-0.3, -0.25) is 4.79 Å². The van der Waals surface area contributed by atoms with E-state index in [4.69, 9.17) is 16.3 Å². The Bertz CT molecular complexity index is 1290. The lowest BCUT2D eigenvalue weighted by Crippen LogP contribution is -2.19. The van der Waals surface area contributed by atoms with Gasteiger partial charge in [-0.25, -0.2) is 4.99 Å². The maximum absolute atomic E-state index is 12.6. The predicted molar refractivity (Wildman–Crippen MR) is 134 cm³/mol. The monoisotopic (exact) mass is 465 g/mol. The van der Waals surface area contributed by atoms with Crippen LogP contribution in [0.5, 0.6) is 5.75 Å². The maximum Gasteiger partial charge on any atom is 0.264 e. The fourth-order valence-electron chi connectivity index (χ4n) is 3.68. The molecule has 2 heterocycles. The normalized spacial score (nSPS) is 16.1. The summed E-state index contributed by atoms with van der Waals surface area (Å²) in [4.78, 5) is 17.7. The third-order valence-corrected chi connectivity index (χ3v) is 6.66. The Kier molecular flexibility index (Phi) is 6.17. The van der Waals surface area contributed by atoms with Crippen LogP contribution in [0.4, 0.5) is 5.69 Å². The number of nitrogens with zero attached hydrogens (tertiary/aromatic N) is 2. The van der Waals surface area contributed by atoms with Crippen molar-refractivity contribution in [3.8, 4) is 11.4 Å². The number of rotatable bonds is 4. The summed E-state index contributed by atoms with van der Waals surface area (Å²) in [5.41, 5.74) is 7.38. The first kappa shape index (κ1) is 22.2. The number of amides is 1. The number of methoxy groups -OCH3 is 1. The second-order valence-electron chi connectivity index (χ2n) is 7.73. The maximum atomic E-state index is 12.6. The number of hydrogen-bond donors (Lipinski definition) is 1. The number of hydrogen-bond acceptors (Lipinski definition) is 4. The molecule has 7 heteroatoms. The van der Waals surface area contributed by atoms with Crippen LogP contribution in [0.1, 0.15) is 28.1 Å². The van der Waals surface area contributed by atoms with Crippen LogP contribution < -0.4 is 10.1 Å². The Balaban J connectivity index is 1.66. The molecule has 0 bridgehead atoms. The summed E-state index contributed by atoms with van der Waals surface area (Å²) >= 11 is 7.39. The summed E-state index contributed by atoms with van der Waals surface area (Å²) in [5.74, 6) is 0.414. The number of aliphatic imine (C=N–C) groups is 1. The number of carbonyl (C=O) groups excluding carboxylic acids is 1. The van der Waals surface area contributed by atoms with Crippen molar-refractivity contribution in [2.45, 2.75) is 27.7 Å². The van der Waals surface area contributed by atoms with E-state index in [0.717, 1.165) is 22.6 Å². The number of ether oxygens (including phenoxy) is 1. The first-order valence-corrected chi connectivity index (χ1v) is 11.4.